The second kappa shape index (κ2) is 5.65. The molecule has 0 saturated carbocycles. The molecule has 0 aromatic heterocycles. The number of nitrogens with zero attached hydrogens (tertiary/aromatic N) is 1. The van der Waals surface area contributed by atoms with Crippen LogP contribution in [0.3, 0.4) is 0 Å². The van der Waals surface area contributed by atoms with Gasteiger partial charge < -0.3 is 5.73 Å². The maximum atomic E-state index is 12.3. The van der Waals surface area contributed by atoms with E-state index in [0.717, 1.165) is 0 Å². The van der Waals surface area contributed by atoms with Crippen molar-refractivity contribution in [1.82, 2.24) is 9.03 Å². The van der Waals surface area contributed by atoms with E-state index in [0.29, 0.717) is 19.5 Å². The molecule has 0 aliphatic carbocycles. The monoisotopic (exact) mass is 265 g/mol. The van der Waals surface area contributed by atoms with Crippen LogP contribution in [0.15, 0.2) is 0 Å². The Balaban J connectivity index is 5.26. The van der Waals surface area contributed by atoms with Crippen molar-refractivity contribution in [1.29, 1.82) is 0 Å². The van der Waals surface area contributed by atoms with Crippen molar-refractivity contribution in [2.75, 3.05) is 13.1 Å². The van der Waals surface area contributed by atoms with Gasteiger partial charge in [-0.05, 0) is 34.1 Å². The molecule has 0 heterocycles. The number of nitrogens with one attached hydrogen (secondary N) is 1. The maximum Gasteiger partial charge on any atom is 0.280 e. The quantitative estimate of drug-likeness (QED) is 0.754. The van der Waals surface area contributed by atoms with Crippen LogP contribution in [0.4, 0.5) is 0 Å². The average molecular weight is 265 g/mol. The highest BCUT2D eigenvalue weighted by atomic mass is 32.2. The van der Waals surface area contributed by atoms with Crippen molar-refractivity contribution in [3.8, 4) is 0 Å². The standard InChI is InChI=1S/C11H27N3O2S/c1-7-11(6,9-12)14(8-2)17(15,16)13-10(3,4)5/h13H,7-9,12H2,1-6H3. The SMILES string of the molecule is CCN(C(C)(CC)CN)S(=O)(=O)NC(C)(C)C. The summed E-state index contributed by atoms with van der Waals surface area (Å²) in [4.78, 5) is 0. The van der Waals surface area contributed by atoms with Gasteiger partial charge in [0.15, 0.2) is 0 Å². The molecular weight excluding hydrogens is 238 g/mol. The summed E-state index contributed by atoms with van der Waals surface area (Å²) >= 11 is 0. The molecular formula is C11H27N3O2S. The fourth-order valence-electron chi connectivity index (χ4n) is 1.71. The van der Waals surface area contributed by atoms with Crippen LogP contribution in [0.25, 0.3) is 0 Å². The largest absolute Gasteiger partial charge is 0.329 e. The molecule has 0 rings (SSSR count). The zero-order chi connectivity index (χ0) is 13.9. The summed E-state index contributed by atoms with van der Waals surface area (Å²) in [6.45, 7) is 11.8. The minimum atomic E-state index is -3.51. The third kappa shape index (κ3) is 4.54. The molecule has 0 fully saturated rings. The van der Waals surface area contributed by atoms with Gasteiger partial charge in [0, 0.05) is 24.2 Å². The van der Waals surface area contributed by atoms with Crippen molar-refractivity contribution in [2.45, 2.75) is 59.0 Å². The molecule has 17 heavy (non-hydrogen) atoms. The van der Waals surface area contributed by atoms with E-state index in [1.54, 1.807) is 0 Å². The zero-order valence-corrected chi connectivity index (χ0v) is 12.7. The lowest BCUT2D eigenvalue weighted by Crippen LogP contribution is -2.59. The van der Waals surface area contributed by atoms with Crippen molar-refractivity contribution in [3.05, 3.63) is 0 Å². The summed E-state index contributed by atoms with van der Waals surface area (Å²) in [5, 5.41) is 0. The molecule has 0 aromatic rings. The molecule has 1 atom stereocenters. The predicted octanol–water partition coefficient (Wildman–Crippen LogP) is 1.07. The molecule has 5 nitrogen and oxygen atoms in total. The van der Waals surface area contributed by atoms with E-state index < -0.39 is 21.3 Å². The van der Waals surface area contributed by atoms with E-state index in [2.05, 4.69) is 4.72 Å². The van der Waals surface area contributed by atoms with Gasteiger partial charge in [-0.1, -0.05) is 13.8 Å². The smallest absolute Gasteiger partial charge is 0.280 e. The lowest BCUT2D eigenvalue weighted by Gasteiger charge is -2.39. The second-order valence-electron chi connectivity index (χ2n) is 5.58. The maximum absolute atomic E-state index is 12.3. The van der Waals surface area contributed by atoms with Crippen LogP contribution >= 0.6 is 0 Å². The summed E-state index contributed by atoms with van der Waals surface area (Å²) in [6, 6.07) is 0. The molecule has 0 spiro atoms. The summed E-state index contributed by atoms with van der Waals surface area (Å²) in [7, 11) is -3.51. The van der Waals surface area contributed by atoms with Gasteiger partial charge in [0.05, 0.1) is 0 Å². The van der Waals surface area contributed by atoms with Crippen LogP contribution in [0.1, 0.15) is 48.0 Å². The third-order valence-corrected chi connectivity index (χ3v) is 4.97. The molecule has 6 heteroatoms. The minimum Gasteiger partial charge on any atom is -0.329 e. The normalized spacial score (nSPS) is 17.2. The van der Waals surface area contributed by atoms with E-state index >= 15 is 0 Å². The van der Waals surface area contributed by atoms with Gasteiger partial charge in [-0.15, -0.1) is 0 Å². The Hall–Kier alpha value is -0.170. The Labute approximate surface area is 106 Å². The molecule has 0 bridgehead atoms. The summed E-state index contributed by atoms with van der Waals surface area (Å²) in [6.07, 6.45) is 0.683. The van der Waals surface area contributed by atoms with E-state index in [-0.39, 0.29) is 0 Å². The fourth-order valence-corrected chi connectivity index (χ4v) is 3.71. The molecule has 0 saturated heterocycles. The Morgan fingerprint density at radius 1 is 1.18 bits per heavy atom. The predicted molar refractivity (Wildman–Crippen MR) is 71.9 cm³/mol. The lowest BCUT2D eigenvalue weighted by atomic mass is 9.99. The van der Waals surface area contributed by atoms with Crippen LogP contribution in [0.5, 0.6) is 0 Å². The second-order valence-corrected chi connectivity index (χ2v) is 7.17. The number of likely N-dealkylation sites (N-methyl/N-ethyl adjacent to an activating group) is 1. The lowest BCUT2D eigenvalue weighted by molar-refractivity contribution is 0.208. The first-order chi connectivity index (χ1) is 7.52. The number of nitrogens with two attached hydrogens (primary N) is 1. The minimum absolute atomic E-state index is 0.308. The van der Waals surface area contributed by atoms with Crippen LogP contribution in [0.2, 0.25) is 0 Å². The molecule has 0 radical (unpaired) electrons. The van der Waals surface area contributed by atoms with Gasteiger partial charge in [-0.2, -0.15) is 17.4 Å². The van der Waals surface area contributed by atoms with Crippen LogP contribution in [0, 0.1) is 0 Å². The summed E-state index contributed by atoms with van der Waals surface area (Å²) < 4.78 is 28.7. The van der Waals surface area contributed by atoms with Gasteiger partial charge in [0.2, 0.25) is 0 Å². The van der Waals surface area contributed by atoms with Crippen molar-refractivity contribution in [2.24, 2.45) is 5.73 Å². The van der Waals surface area contributed by atoms with Crippen LogP contribution < -0.4 is 10.5 Å². The highest BCUT2D eigenvalue weighted by Gasteiger charge is 2.37. The van der Waals surface area contributed by atoms with Crippen LogP contribution in [-0.4, -0.2) is 36.9 Å². The number of hydrogen-bond acceptors (Lipinski definition) is 3. The Kier molecular flexibility index (Phi) is 5.59. The van der Waals surface area contributed by atoms with Crippen molar-refractivity contribution in [3.63, 3.8) is 0 Å². The Bertz CT molecular complexity index is 329. The van der Waals surface area contributed by atoms with E-state index in [9.17, 15) is 8.42 Å². The zero-order valence-electron chi connectivity index (χ0n) is 11.9. The van der Waals surface area contributed by atoms with Crippen molar-refractivity contribution >= 4 is 10.2 Å². The van der Waals surface area contributed by atoms with E-state index in [1.165, 1.54) is 4.31 Å². The molecule has 0 aliphatic rings. The first-order valence-corrected chi connectivity index (χ1v) is 7.48. The number of hydrogen-bond donors (Lipinski definition) is 2. The number of rotatable bonds is 6. The summed E-state index contributed by atoms with van der Waals surface area (Å²) in [5.41, 5.74) is 4.69. The van der Waals surface area contributed by atoms with E-state index in [1.807, 2.05) is 41.5 Å². The average Bonchev–Trinajstić information content (AvgIpc) is 2.14. The van der Waals surface area contributed by atoms with Crippen molar-refractivity contribution < 1.29 is 8.42 Å². The van der Waals surface area contributed by atoms with Gasteiger partial charge >= 0.3 is 0 Å². The molecule has 104 valence electrons. The fraction of sp³-hybridized carbons (Fsp3) is 1.00. The molecule has 0 aromatic carbocycles. The highest BCUT2D eigenvalue weighted by Crippen LogP contribution is 2.22. The Morgan fingerprint density at radius 2 is 1.65 bits per heavy atom. The molecule has 0 amide bonds. The first kappa shape index (κ1) is 16.8. The highest BCUT2D eigenvalue weighted by molar-refractivity contribution is 7.87. The topological polar surface area (TPSA) is 75.4 Å². The van der Waals surface area contributed by atoms with Crippen LogP contribution in [-0.2, 0) is 10.2 Å². The molecule has 1 unspecified atom stereocenters. The molecule has 0 aliphatic heterocycles. The third-order valence-electron chi connectivity index (χ3n) is 2.82. The van der Waals surface area contributed by atoms with Gasteiger partial charge in [-0.3, -0.25) is 0 Å². The van der Waals surface area contributed by atoms with Gasteiger partial charge in [-0.25, -0.2) is 0 Å². The Morgan fingerprint density at radius 3 is 1.88 bits per heavy atom. The van der Waals surface area contributed by atoms with E-state index in [4.69, 9.17) is 5.73 Å². The van der Waals surface area contributed by atoms with Gasteiger partial charge in [0.25, 0.3) is 10.2 Å². The summed E-state index contributed by atoms with van der Waals surface area (Å²) in [5.74, 6) is 0. The van der Waals surface area contributed by atoms with Gasteiger partial charge in [0.1, 0.15) is 0 Å². The first-order valence-electron chi connectivity index (χ1n) is 6.04. The molecule has 3 N–H and O–H groups in total.